The predicted molar refractivity (Wildman–Crippen MR) is 102 cm³/mol. The smallest absolute Gasteiger partial charge is 0.254 e. The topological polar surface area (TPSA) is 94.3 Å². The van der Waals surface area contributed by atoms with Gasteiger partial charge in [-0.05, 0) is 50.6 Å². The van der Waals surface area contributed by atoms with E-state index < -0.39 is 11.9 Å². The van der Waals surface area contributed by atoms with E-state index in [0.29, 0.717) is 34.5 Å². The maximum atomic E-state index is 12.5. The highest BCUT2D eigenvalue weighted by Gasteiger charge is 2.22. The minimum absolute atomic E-state index is 0.322. The molecule has 7 nitrogen and oxygen atoms in total. The molecule has 0 fully saturated rings. The second-order valence-corrected chi connectivity index (χ2v) is 6.41. The van der Waals surface area contributed by atoms with Crippen LogP contribution in [-0.2, 0) is 4.79 Å². The minimum Gasteiger partial charge on any atom is -0.378 e. The monoisotopic (exact) mass is 356 g/mol. The van der Waals surface area contributed by atoms with E-state index in [0.717, 1.165) is 5.69 Å². The van der Waals surface area contributed by atoms with Crippen molar-refractivity contribution in [2.24, 2.45) is 0 Å². The molecule has 1 atom stereocenters. The molecule has 3 N–H and O–H groups in total. The Hall–Kier alpha value is -3.09. The number of nitrogens with one attached hydrogen (secondary N) is 3. The summed E-state index contributed by atoms with van der Waals surface area (Å²) in [5, 5.41) is 5.44. The number of benzene rings is 1. The molecular weight excluding hydrogens is 332 g/mol. The van der Waals surface area contributed by atoms with E-state index in [1.54, 1.807) is 32.9 Å². The number of rotatable bonds is 6. The molecule has 0 aliphatic rings. The second kappa shape index (κ2) is 7.86. The summed E-state index contributed by atoms with van der Waals surface area (Å²) in [5.74, 6) is -0.715. The summed E-state index contributed by atoms with van der Waals surface area (Å²) in [6, 6.07) is 6.67. The zero-order chi connectivity index (χ0) is 19.4. The van der Waals surface area contributed by atoms with Crippen LogP contribution in [0.3, 0.4) is 0 Å². The number of hydrogen-bond acceptors (Lipinski definition) is 4. The Balaban J connectivity index is 2.03. The van der Waals surface area contributed by atoms with Gasteiger partial charge in [-0.25, -0.2) is 0 Å². The van der Waals surface area contributed by atoms with Crippen LogP contribution in [0.5, 0.6) is 0 Å². The van der Waals surface area contributed by atoms with Gasteiger partial charge in [0.2, 0.25) is 5.91 Å². The number of carbonyl (C=O) groups excluding carboxylic acids is 3. The second-order valence-electron chi connectivity index (χ2n) is 6.41. The quantitative estimate of drug-likeness (QED) is 0.692. The van der Waals surface area contributed by atoms with Crippen LogP contribution in [0, 0.1) is 13.8 Å². The van der Waals surface area contributed by atoms with E-state index in [4.69, 9.17) is 0 Å². The van der Waals surface area contributed by atoms with Crippen LogP contribution in [0.2, 0.25) is 0 Å². The number of aromatic nitrogens is 1. The van der Waals surface area contributed by atoms with Gasteiger partial charge in [0, 0.05) is 31.2 Å². The fraction of sp³-hybridized carbons (Fsp3) is 0.316. The van der Waals surface area contributed by atoms with Gasteiger partial charge in [0.1, 0.15) is 6.04 Å². The Labute approximate surface area is 152 Å². The Morgan fingerprint density at radius 3 is 2.27 bits per heavy atom. The minimum atomic E-state index is -0.732. The van der Waals surface area contributed by atoms with Crippen molar-refractivity contribution in [2.75, 3.05) is 24.3 Å². The van der Waals surface area contributed by atoms with Crippen LogP contribution in [0.15, 0.2) is 24.3 Å². The van der Waals surface area contributed by atoms with Gasteiger partial charge in [0.05, 0.1) is 11.3 Å². The third-order valence-corrected chi connectivity index (χ3v) is 4.21. The summed E-state index contributed by atoms with van der Waals surface area (Å²) in [4.78, 5) is 40.6. The zero-order valence-electron chi connectivity index (χ0n) is 15.6. The number of nitrogens with zero attached hydrogens (tertiary/aromatic N) is 1. The van der Waals surface area contributed by atoms with Gasteiger partial charge < -0.3 is 20.5 Å². The molecule has 1 heterocycles. The lowest BCUT2D eigenvalue weighted by molar-refractivity contribution is -0.117. The van der Waals surface area contributed by atoms with Crippen molar-refractivity contribution < 1.29 is 14.4 Å². The van der Waals surface area contributed by atoms with Crippen LogP contribution in [-0.4, -0.2) is 43.2 Å². The fourth-order valence-electron chi connectivity index (χ4n) is 2.66. The van der Waals surface area contributed by atoms with Crippen molar-refractivity contribution in [3.8, 4) is 0 Å². The molecule has 0 aliphatic carbocycles. The Morgan fingerprint density at radius 2 is 1.77 bits per heavy atom. The van der Waals surface area contributed by atoms with Gasteiger partial charge >= 0.3 is 0 Å². The number of H-pyrrole nitrogens is 1. The maximum Gasteiger partial charge on any atom is 0.254 e. The van der Waals surface area contributed by atoms with Crippen LogP contribution in [0.4, 0.5) is 11.4 Å². The van der Waals surface area contributed by atoms with Crippen molar-refractivity contribution in [2.45, 2.75) is 26.8 Å². The van der Waals surface area contributed by atoms with Crippen molar-refractivity contribution >= 4 is 29.5 Å². The number of amides is 2. The molecule has 2 aromatic rings. The highest BCUT2D eigenvalue weighted by atomic mass is 16.2. The first-order valence-electron chi connectivity index (χ1n) is 8.28. The Morgan fingerprint density at radius 1 is 1.15 bits per heavy atom. The van der Waals surface area contributed by atoms with Crippen molar-refractivity contribution in [1.29, 1.82) is 0 Å². The lowest BCUT2D eigenvalue weighted by Gasteiger charge is -2.16. The molecule has 0 saturated carbocycles. The molecule has 26 heavy (non-hydrogen) atoms. The number of hydrogen-bond donors (Lipinski definition) is 3. The van der Waals surface area contributed by atoms with E-state index >= 15 is 0 Å². The van der Waals surface area contributed by atoms with Crippen LogP contribution in [0.1, 0.15) is 39.0 Å². The third-order valence-electron chi connectivity index (χ3n) is 4.21. The van der Waals surface area contributed by atoms with Crippen LogP contribution < -0.4 is 15.5 Å². The van der Waals surface area contributed by atoms with Crippen molar-refractivity contribution in [3.63, 3.8) is 0 Å². The summed E-state index contributed by atoms with van der Waals surface area (Å²) in [5.41, 5.74) is 3.59. The molecule has 0 spiro atoms. The summed E-state index contributed by atoms with van der Waals surface area (Å²) in [6.07, 6.45) is 0.673. The van der Waals surface area contributed by atoms with Crippen molar-refractivity contribution in [3.05, 3.63) is 46.8 Å². The SMILES string of the molecule is Cc1[nH]c(C=O)c(C)c1C(=O)NC(C)C(=O)Nc1ccc(N(C)C)cc1. The lowest BCUT2D eigenvalue weighted by atomic mass is 10.1. The molecule has 0 radical (unpaired) electrons. The molecule has 2 amide bonds. The van der Waals surface area contributed by atoms with E-state index in [2.05, 4.69) is 15.6 Å². The molecular formula is C19H24N4O3. The first kappa shape index (κ1) is 19.2. The van der Waals surface area contributed by atoms with E-state index in [1.807, 2.05) is 31.1 Å². The third kappa shape index (κ3) is 4.11. The first-order valence-corrected chi connectivity index (χ1v) is 8.28. The van der Waals surface area contributed by atoms with E-state index in [9.17, 15) is 14.4 Å². The molecule has 2 rings (SSSR count). The van der Waals surface area contributed by atoms with Crippen molar-refractivity contribution in [1.82, 2.24) is 10.3 Å². The van der Waals surface area contributed by atoms with Gasteiger partial charge in [0.15, 0.2) is 6.29 Å². The fourth-order valence-corrected chi connectivity index (χ4v) is 2.66. The van der Waals surface area contributed by atoms with Crippen LogP contribution >= 0.6 is 0 Å². The molecule has 0 saturated heterocycles. The average molecular weight is 356 g/mol. The average Bonchev–Trinajstić information content (AvgIpc) is 2.88. The zero-order valence-corrected chi connectivity index (χ0v) is 15.6. The normalized spacial score (nSPS) is 11.6. The number of aromatic amines is 1. The highest BCUT2D eigenvalue weighted by molar-refractivity contribution is 6.03. The first-order chi connectivity index (χ1) is 12.2. The standard InChI is InChI=1S/C19H24N4O3/c1-11-16(10-24)20-12(2)17(11)19(26)21-13(3)18(25)22-14-6-8-15(9-7-14)23(4)5/h6-10,13,20H,1-5H3,(H,21,26)(H,22,25). The molecule has 0 bridgehead atoms. The number of aldehydes is 1. The number of anilines is 2. The molecule has 1 aromatic heterocycles. The molecule has 0 aliphatic heterocycles. The van der Waals surface area contributed by atoms with Gasteiger partial charge in [-0.15, -0.1) is 0 Å². The van der Waals surface area contributed by atoms with E-state index in [1.165, 1.54) is 0 Å². The molecule has 1 aromatic carbocycles. The molecule has 7 heteroatoms. The number of aryl methyl sites for hydroxylation is 1. The van der Waals surface area contributed by atoms with Gasteiger partial charge in [-0.3, -0.25) is 14.4 Å². The molecule has 138 valence electrons. The number of carbonyl (C=O) groups is 3. The maximum absolute atomic E-state index is 12.5. The summed E-state index contributed by atoms with van der Waals surface area (Å²) in [6.45, 7) is 5.02. The van der Waals surface area contributed by atoms with E-state index in [-0.39, 0.29) is 5.91 Å². The largest absolute Gasteiger partial charge is 0.378 e. The van der Waals surface area contributed by atoms with Gasteiger partial charge in [0.25, 0.3) is 5.91 Å². The Bertz CT molecular complexity index is 822. The Kier molecular flexibility index (Phi) is 5.82. The van der Waals surface area contributed by atoms with Crippen LogP contribution in [0.25, 0.3) is 0 Å². The summed E-state index contributed by atoms with van der Waals surface area (Å²) < 4.78 is 0. The highest BCUT2D eigenvalue weighted by Crippen LogP contribution is 2.17. The lowest BCUT2D eigenvalue weighted by Crippen LogP contribution is -2.41. The van der Waals surface area contributed by atoms with Gasteiger partial charge in [-0.1, -0.05) is 0 Å². The summed E-state index contributed by atoms with van der Waals surface area (Å²) >= 11 is 0. The summed E-state index contributed by atoms with van der Waals surface area (Å²) in [7, 11) is 3.87. The predicted octanol–water partition coefficient (Wildman–Crippen LogP) is 2.27. The molecule has 1 unspecified atom stereocenters. The van der Waals surface area contributed by atoms with Gasteiger partial charge in [-0.2, -0.15) is 0 Å².